The average molecular weight is 314 g/mol. The molecule has 3 aliphatic carbocycles. The Morgan fingerprint density at radius 2 is 2.04 bits per heavy atom. The molecule has 2 spiro atoms. The largest absolute Gasteiger partial charge is 0.389 e. The zero-order chi connectivity index (χ0) is 15.9. The lowest BCUT2D eigenvalue weighted by molar-refractivity contribution is -0.145. The van der Waals surface area contributed by atoms with E-state index in [-0.39, 0.29) is 17.3 Å². The molecule has 6 atom stereocenters. The number of aliphatic hydroxyl groups is 1. The molecule has 126 valence electrons. The summed E-state index contributed by atoms with van der Waals surface area (Å²) in [5, 5.41) is 10.1. The third kappa shape index (κ3) is 1.67. The van der Waals surface area contributed by atoms with E-state index in [0.29, 0.717) is 11.3 Å². The van der Waals surface area contributed by atoms with Gasteiger partial charge in [0.15, 0.2) is 0 Å². The van der Waals surface area contributed by atoms with Gasteiger partial charge in [0.05, 0.1) is 17.3 Å². The summed E-state index contributed by atoms with van der Waals surface area (Å²) in [6.45, 7) is 4.94. The van der Waals surface area contributed by atoms with Gasteiger partial charge in [0.1, 0.15) is 0 Å². The van der Waals surface area contributed by atoms with E-state index in [2.05, 4.69) is 26.0 Å². The molecule has 23 heavy (non-hydrogen) atoms. The van der Waals surface area contributed by atoms with Crippen LogP contribution in [0.15, 0.2) is 23.3 Å². The van der Waals surface area contributed by atoms with E-state index in [9.17, 15) is 5.11 Å². The third-order valence-corrected chi connectivity index (χ3v) is 8.41. The molecule has 2 nitrogen and oxygen atoms in total. The Labute approximate surface area is 140 Å². The Kier molecular flexibility index (Phi) is 2.89. The first kappa shape index (κ1) is 14.7. The van der Waals surface area contributed by atoms with Crippen molar-refractivity contribution in [1.29, 1.82) is 0 Å². The zero-order valence-electron chi connectivity index (χ0n) is 14.6. The van der Waals surface area contributed by atoms with Crippen LogP contribution in [0.25, 0.3) is 0 Å². The van der Waals surface area contributed by atoms with E-state index in [1.54, 1.807) is 5.57 Å². The molecule has 0 amide bonds. The van der Waals surface area contributed by atoms with Crippen molar-refractivity contribution in [1.82, 2.24) is 0 Å². The number of hydrogen-bond acceptors (Lipinski definition) is 2. The Balaban J connectivity index is 1.62. The molecule has 0 aromatic carbocycles. The maximum atomic E-state index is 10.1. The number of rotatable bonds is 1. The molecule has 0 aromatic rings. The van der Waals surface area contributed by atoms with Gasteiger partial charge in [0, 0.05) is 0 Å². The van der Waals surface area contributed by atoms with Crippen LogP contribution in [0.3, 0.4) is 0 Å². The second-order valence-electron chi connectivity index (χ2n) is 9.12. The quantitative estimate of drug-likeness (QED) is 0.770. The van der Waals surface area contributed by atoms with E-state index in [1.165, 1.54) is 44.1 Å². The highest BCUT2D eigenvalue weighted by molar-refractivity contribution is 5.46. The predicted octanol–water partition coefficient (Wildman–Crippen LogP) is 4.53. The van der Waals surface area contributed by atoms with Gasteiger partial charge in [-0.25, -0.2) is 0 Å². The molecule has 1 N–H and O–H groups in total. The summed E-state index contributed by atoms with van der Waals surface area (Å²) in [5.74, 6) is 1.60. The summed E-state index contributed by atoms with van der Waals surface area (Å²) in [6, 6.07) is 0. The normalized spacial score (nSPS) is 54.0. The highest BCUT2D eigenvalue weighted by Crippen LogP contribution is 2.68. The van der Waals surface area contributed by atoms with Gasteiger partial charge in [-0.2, -0.15) is 0 Å². The van der Waals surface area contributed by atoms with Crippen LogP contribution in [0.2, 0.25) is 0 Å². The average Bonchev–Trinajstić information content (AvgIpc) is 3.04. The second-order valence-corrected chi connectivity index (χ2v) is 9.12. The Bertz CT molecular complexity index is 605. The topological polar surface area (TPSA) is 29.5 Å². The first-order valence-corrected chi connectivity index (χ1v) is 9.84. The summed E-state index contributed by atoms with van der Waals surface area (Å²) in [7, 11) is 0. The molecule has 1 saturated heterocycles. The number of aliphatic hydroxyl groups excluding tert-OH is 1. The number of hydrogen-bond donors (Lipinski definition) is 1. The van der Waals surface area contributed by atoms with Crippen molar-refractivity contribution in [2.45, 2.75) is 88.9 Å². The fraction of sp³-hybridized carbons (Fsp3) is 0.810. The van der Waals surface area contributed by atoms with Crippen molar-refractivity contribution < 1.29 is 9.84 Å². The minimum atomic E-state index is -0.269. The molecular formula is C21H30O2. The molecule has 6 unspecified atom stereocenters. The lowest BCUT2D eigenvalue weighted by Gasteiger charge is -2.55. The lowest BCUT2D eigenvalue weighted by atomic mass is 9.56. The minimum Gasteiger partial charge on any atom is -0.389 e. The van der Waals surface area contributed by atoms with Crippen molar-refractivity contribution in [3.8, 4) is 0 Å². The van der Waals surface area contributed by atoms with Gasteiger partial charge in [-0.05, 0) is 79.8 Å². The van der Waals surface area contributed by atoms with Crippen molar-refractivity contribution >= 4 is 0 Å². The van der Waals surface area contributed by atoms with Crippen LogP contribution < -0.4 is 0 Å². The van der Waals surface area contributed by atoms with Crippen molar-refractivity contribution in [3.63, 3.8) is 0 Å². The van der Waals surface area contributed by atoms with Crippen molar-refractivity contribution in [2.75, 3.05) is 0 Å². The highest BCUT2D eigenvalue weighted by Gasteiger charge is 2.66. The molecule has 3 fully saturated rings. The van der Waals surface area contributed by atoms with Gasteiger partial charge in [0.2, 0.25) is 0 Å². The number of ether oxygens (including phenoxy) is 1. The maximum absolute atomic E-state index is 10.1. The molecule has 2 heterocycles. The van der Waals surface area contributed by atoms with Gasteiger partial charge in [-0.15, -0.1) is 0 Å². The molecule has 2 aliphatic heterocycles. The molecule has 5 rings (SSSR count). The molecule has 0 radical (unpaired) electrons. The summed E-state index contributed by atoms with van der Waals surface area (Å²) in [6.07, 6.45) is 15.1. The van der Waals surface area contributed by atoms with Gasteiger partial charge in [-0.3, -0.25) is 0 Å². The van der Waals surface area contributed by atoms with Crippen molar-refractivity contribution in [2.24, 2.45) is 17.3 Å². The molecular weight excluding hydrogens is 284 g/mol. The van der Waals surface area contributed by atoms with Gasteiger partial charge in [-0.1, -0.05) is 32.4 Å². The van der Waals surface area contributed by atoms with Gasteiger partial charge < -0.3 is 9.84 Å². The van der Waals surface area contributed by atoms with E-state index in [1.807, 2.05) is 0 Å². The van der Waals surface area contributed by atoms with Gasteiger partial charge in [0.25, 0.3) is 0 Å². The fourth-order valence-electron chi connectivity index (χ4n) is 7.18. The minimum absolute atomic E-state index is 0.0382. The van der Waals surface area contributed by atoms with Crippen LogP contribution in [0.5, 0.6) is 0 Å². The van der Waals surface area contributed by atoms with E-state index in [0.717, 1.165) is 25.2 Å². The molecule has 2 saturated carbocycles. The van der Waals surface area contributed by atoms with Crippen molar-refractivity contribution in [3.05, 3.63) is 23.3 Å². The van der Waals surface area contributed by atoms with E-state index in [4.69, 9.17) is 4.74 Å². The third-order valence-electron chi connectivity index (χ3n) is 8.41. The summed E-state index contributed by atoms with van der Waals surface area (Å²) < 4.78 is 7.05. The molecule has 2 heteroatoms. The fourth-order valence-corrected chi connectivity index (χ4v) is 7.18. The zero-order valence-corrected chi connectivity index (χ0v) is 14.6. The van der Waals surface area contributed by atoms with Gasteiger partial charge >= 0.3 is 0 Å². The Morgan fingerprint density at radius 3 is 2.87 bits per heavy atom. The summed E-state index contributed by atoms with van der Waals surface area (Å²) in [5.41, 5.74) is 3.31. The Hall–Kier alpha value is -0.600. The van der Waals surface area contributed by atoms with Crippen LogP contribution in [0, 0.1) is 17.3 Å². The summed E-state index contributed by atoms with van der Waals surface area (Å²) >= 11 is 0. The standard InChI is InChI=1S/C21H30O2/c1-3-14-4-5-18-19(14,2)8-6-15-12-16-13-17(22)7-9-20(16)10-11-21(15,18)23-20/h12-14,17-18,22H,3-11H2,1-2H3. The van der Waals surface area contributed by atoms with Crippen LogP contribution in [-0.4, -0.2) is 22.4 Å². The smallest absolute Gasteiger partial charge is 0.0943 e. The summed E-state index contributed by atoms with van der Waals surface area (Å²) in [4.78, 5) is 0. The molecule has 2 bridgehead atoms. The SMILES string of the molecule is CCC1CCC2C34CCC5(CCC(O)C=C5C=C3CCC12C)O4. The molecule has 0 aromatic heterocycles. The van der Waals surface area contributed by atoms with Crippen LogP contribution in [0.4, 0.5) is 0 Å². The first-order valence-electron chi connectivity index (χ1n) is 9.84. The lowest BCUT2D eigenvalue weighted by Crippen LogP contribution is -2.54. The first-order chi connectivity index (χ1) is 11.0. The predicted molar refractivity (Wildman–Crippen MR) is 91.0 cm³/mol. The maximum Gasteiger partial charge on any atom is 0.0943 e. The highest BCUT2D eigenvalue weighted by atomic mass is 16.5. The van der Waals surface area contributed by atoms with Crippen LogP contribution in [0.1, 0.15) is 71.6 Å². The monoisotopic (exact) mass is 314 g/mol. The van der Waals surface area contributed by atoms with Crippen LogP contribution >= 0.6 is 0 Å². The van der Waals surface area contributed by atoms with E-state index >= 15 is 0 Å². The second kappa shape index (κ2) is 4.52. The van der Waals surface area contributed by atoms with E-state index < -0.39 is 0 Å². The molecule has 5 aliphatic rings. The Morgan fingerprint density at radius 1 is 1.17 bits per heavy atom. The van der Waals surface area contributed by atoms with Crippen LogP contribution in [-0.2, 0) is 4.74 Å². The number of fused-ring (bicyclic) bond motifs is 1.